The van der Waals surface area contributed by atoms with Crippen LogP contribution < -0.4 is 5.73 Å². The number of fused-ring (bicyclic) bond motifs is 1. The zero-order valence-corrected chi connectivity index (χ0v) is 16.6. The highest BCUT2D eigenvalue weighted by Crippen LogP contribution is 2.29. The normalized spacial score (nSPS) is 11.5. The van der Waals surface area contributed by atoms with E-state index in [1.165, 1.54) is 12.1 Å². The highest BCUT2D eigenvalue weighted by atomic mass is 19.2. The lowest BCUT2D eigenvalue weighted by molar-refractivity contribution is 0.0931. The first-order chi connectivity index (χ1) is 13.8. The van der Waals surface area contributed by atoms with Gasteiger partial charge in [-0.25, -0.2) is 23.7 Å². The van der Waals surface area contributed by atoms with Gasteiger partial charge in [0.1, 0.15) is 11.4 Å². The van der Waals surface area contributed by atoms with Crippen molar-refractivity contribution < 1.29 is 13.9 Å². The van der Waals surface area contributed by atoms with Crippen LogP contribution in [0.15, 0.2) is 18.2 Å². The minimum Gasteiger partial charge on any atom is -0.382 e. The van der Waals surface area contributed by atoms with E-state index in [0.29, 0.717) is 37.0 Å². The van der Waals surface area contributed by atoms with Gasteiger partial charge in [0.2, 0.25) is 5.82 Å². The summed E-state index contributed by atoms with van der Waals surface area (Å²) in [5, 5.41) is 10.4. The molecule has 29 heavy (non-hydrogen) atoms. The molecule has 6 nitrogen and oxygen atoms in total. The highest BCUT2D eigenvalue weighted by molar-refractivity contribution is 5.86. The quantitative estimate of drug-likeness (QED) is 0.639. The van der Waals surface area contributed by atoms with Gasteiger partial charge in [-0.3, -0.25) is 0 Å². The summed E-state index contributed by atoms with van der Waals surface area (Å²) in [6.45, 7) is 6.10. The van der Waals surface area contributed by atoms with Crippen molar-refractivity contribution in [2.75, 3.05) is 5.73 Å². The van der Waals surface area contributed by atoms with E-state index in [9.17, 15) is 13.9 Å². The molecule has 0 aliphatic rings. The second-order valence-electron chi connectivity index (χ2n) is 6.78. The summed E-state index contributed by atoms with van der Waals surface area (Å²) < 4.78 is 29.8. The predicted octanol–water partition coefficient (Wildman–Crippen LogP) is 3.67. The number of hydrogen-bond acceptors (Lipinski definition) is 5. The van der Waals surface area contributed by atoms with Crippen LogP contribution in [0.3, 0.4) is 0 Å². The lowest BCUT2D eigenvalue weighted by atomic mass is 9.98. The number of benzene rings is 1. The van der Waals surface area contributed by atoms with Crippen LogP contribution in [0.25, 0.3) is 22.6 Å². The summed E-state index contributed by atoms with van der Waals surface area (Å²) in [7, 11) is 0. The Balaban J connectivity index is 2.22. The molecular formula is C21H23F2N5O. The van der Waals surface area contributed by atoms with Crippen molar-refractivity contribution in [3.8, 4) is 23.2 Å². The number of rotatable bonds is 5. The molecule has 0 spiro atoms. The van der Waals surface area contributed by atoms with E-state index < -0.39 is 17.2 Å². The fraction of sp³-hybridized carbons (Fsp3) is 0.381. The van der Waals surface area contributed by atoms with Gasteiger partial charge in [-0.1, -0.05) is 32.8 Å². The van der Waals surface area contributed by atoms with Crippen LogP contribution in [-0.4, -0.2) is 30.2 Å². The predicted molar refractivity (Wildman–Crippen MR) is 108 cm³/mol. The zero-order chi connectivity index (χ0) is 21.2. The molecule has 0 saturated heterocycles. The van der Waals surface area contributed by atoms with Crippen molar-refractivity contribution >= 4 is 17.0 Å². The van der Waals surface area contributed by atoms with Gasteiger partial charge < -0.3 is 15.4 Å². The van der Waals surface area contributed by atoms with Gasteiger partial charge in [0, 0.05) is 6.54 Å². The minimum absolute atomic E-state index is 0.0230. The molecule has 8 heteroatoms. The van der Waals surface area contributed by atoms with Gasteiger partial charge in [-0.15, -0.1) is 0 Å². The maximum absolute atomic E-state index is 14.4. The number of hydrogen-bond donors (Lipinski definition) is 2. The molecule has 0 atom stereocenters. The van der Waals surface area contributed by atoms with Crippen LogP contribution in [-0.2, 0) is 6.54 Å². The molecule has 0 aliphatic carbocycles. The molecule has 1 aromatic carbocycles. The molecule has 0 unspecified atom stereocenters. The van der Waals surface area contributed by atoms with E-state index in [2.05, 4.69) is 26.8 Å². The van der Waals surface area contributed by atoms with Crippen molar-refractivity contribution in [1.29, 1.82) is 0 Å². The summed E-state index contributed by atoms with van der Waals surface area (Å²) in [5.74, 6) is 4.09. The molecule has 2 heterocycles. The van der Waals surface area contributed by atoms with Gasteiger partial charge >= 0.3 is 0 Å². The fourth-order valence-corrected chi connectivity index (χ4v) is 2.99. The third-order valence-corrected chi connectivity index (χ3v) is 4.84. The number of imidazole rings is 1. The molecule has 3 N–H and O–H groups in total. The van der Waals surface area contributed by atoms with Crippen LogP contribution in [0.4, 0.5) is 14.6 Å². The molecule has 3 rings (SSSR count). The summed E-state index contributed by atoms with van der Waals surface area (Å²) in [5.41, 5.74) is 5.63. The van der Waals surface area contributed by atoms with Gasteiger partial charge in [-0.05, 0) is 37.3 Å². The van der Waals surface area contributed by atoms with Crippen molar-refractivity contribution in [1.82, 2.24) is 19.5 Å². The molecule has 0 fully saturated rings. The van der Waals surface area contributed by atoms with Gasteiger partial charge in [-0.2, -0.15) is 0 Å². The van der Waals surface area contributed by atoms with Crippen LogP contribution in [0.5, 0.6) is 0 Å². The number of halogens is 2. The number of nitrogens with zero attached hydrogens (tertiary/aromatic N) is 4. The fourth-order valence-electron chi connectivity index (χ4n) is 2.99. The van der Waals surface area contributed by atoms with E-state index in [-0.39, 0.29) is 23.0 Å². The summed E-state index contributed by atoms with van der Waals surface area (Å²) in [4.78, 5) is 13.0. The second kappa shape index (κ2) is 8.13. The van der Waals surface area contributed by atoms with Gasteiger partial charge in [0.05, 0.1) is 5.56 Å². The smallest absolute Gasteiger partial charge is 0.209 e. The standard InChI is InChI=1S/C21H23F2N5O/c1-4-12-28-19(13-8-7-9-14(22)16(13)23)27-17-18(24)25-15(26-20(17)28)10-11-21(29,5-2)6-3/h7-9,29H,4-6,12H2,1-3H3,(H2,24,25,26). The van der Waals surface area contributed by atoms with Crippen molar-refractivity contribution in [3.63, 3.8) is 0 Å². The zero-order valence-electron chi connectivity index (χ0n) is 16.6. The molecule has 3 aromatic rings. The van der Waals surface area contributed by atoms with E-state index in [0.717, 1.165) is 6.07 Å². The Morgan fingerprint density at radius 2 is 1.86 bits per heavy atom. The molecule has 0 amide bonds. The number of nitrogens with two attached hydrogens (primary N) is 1. The first-order valence-corrected chi connectivity index (χ1v) is 9.57. The average molecular weight is 399 g/mol. The van der Waals surface area contributed by atoms with E-state index in [1.807, 2.05) is 20.8 Å². The van der Waals surface area contributed by atoms with E-state index in [4.69, 9.17) is 5.73 Å². The molecule has 152 valence electrons. The van der Waals surface area contributed by atoms with Crippen LogP contribution in [0, 0.1) is 23.5 Å². The molecule has 0 aliphatic heterocycles. The van der Waals surface area contributed by atoms with Crippen LogP contribution in [0.2, 0.25) is 0 Å². The molecule has 0 saturated carbocycles. The first-order valence-electron chi connectivity index (χ1n) is 9.57. The van der Waals surface area contributed by atoms with Crippen LogP contribution in [0.1, 0.15) is 45.9 Å². The Morgan fingerprint density at radius 1 is 1.14 bits per heavy atom. The third kappa shape index (κ3) is 3.91. The average Bonchev–Trinajstić information content (AvgIpc) is 3.07. The topological polar surface area (TPSA) is 89.9 Å². The summed E-state index contributed by atoms with van der Waals surface area (Å²) in [6.07, 6.45) is 1.64. The van der Waals surface area contributed by atoms with Gasteiger partial charge in [0.15, 0.2) is 28.6 Å². The van der Waals surface area contributed by atoms with Crippen molar-refractivity contribution in [2.45, 2.75) is 52.2 Å². The first kappa shape index (κ1) is 20.7. The minimum atomic E-state index is -1.13. The summed E-state index contributed by atoms with van der Waals surface area (Å²) in [6, 6.07) is 3.93. The number of aryl methyl sites for hydroxylation is 1. The molecule has 0 radical (unpaired) electrons. The Hall–Kier alpha value is -3.05. The second-order valence-corrected chi connectivity index (χ2v) is 6.78. The Kier molecular flexibility index (Phi) is 5.80. The van der Waals surface area contributed by atoms with Crippen molar-refractivity contribution in [2.24, 2.45) is 0 Å². The number of nitrogen functional groups attached to an aromatic ring is 1. The highest BCUT2D eigenvalue weighted by Gasteiger charge is 2.22. The number of aromatic nitrogens is 4. The molecule has 0 bridgehead atoms. The molecular weight excluding hydrogens is 376 g/mol. The van der Waals surface area contributed by atoms with E-state index in [1.54, 1.807) is 4.57 Å². The third-order valence-electron chi connectivity index (χ3n) is 4.84. The molecule has 2 aromatic heterocycles. The van der Waals surface area contributed by atoms with E-state index >= 15 is 0 Å². The Morgan fingerprint density at radius 3 is 2.52 bits per heavy atom. The largest absolute Gasteiger partial charge is 0.382 e. The monoisotopic (exact) mass is 399 g/mol. The van der Waals surface area contributed by atoms with Gasteiger partial charge in [0.25, 0.3) is 0 Å². The lowest BCUT2D eigenvalue weighted by Crippen LogP contribution is -2.23. The summed E-state index contributed by atoms with van der Waals surface area (Å²) >= 11 is 0. The number of aliphatic hydroxyl groups is 1. The Bertz CT molecular complexity index is 1110. The van der Waals surface area contributed by atoms with Crippen molar-refractivity contribution in [3.05, 3.63) is 35.7 Å². The maximum Gasteiger partial charge on any atom is 0.209 e. The SMILES string of the molecule is CCCn1c(-c2cccc(F)c2F)nc2c(N)nc(C#CC(O)(CC)CC)nc21. The Labute approximate surface area is 167 Å². The number of anilines is 1. The lowest BCUT2D eigenvalue weighted by Gasteiger charge is -2.16. The van der Waals surface area contributed by atoms with Crippen LogP contribution >= 0.6 is 0 Å². The maximum atomic E-state index is 14.4.